The van der Waals surface area contributed by atoms with E-state index < -0.39 is 0 Å². The average molecular weight is 361 g/mol. The van der Waals surface area contributed by atoms with Crippen LogP contribution in [0.2, 0.25) is 0 Å². The zero-order valence-corrected chi connectivity index (χ0v) is 16.1. The lowest BCUT2D eigenvalue weighted by Gasteiger charge is -2.24. The number of benzene rings is 1. The molecule has 0 spiro atoms. The molecule has 1 saturated carbocycles. The van der Waals surface area contributed by atoms with Gasteiger partial charge in [0, 0.05) is 30.0 Å². The molecule has 0 radical (unpaired) electrons. The molecule has 0 amide bonds. The highest BCUT2D eigenvalue weighted by atomic mass is 15.1. The number of anilines is 1. The van der Waals surface area contributed by atoms with Gasteiger partial charge in [-0.15, -0.1) is 0 Å². The van der Waals surface area contributed by atoms with Crippen LogP contribution in [-0.4, -0.2) is 32.9 Å². The second-order valence-corrected chi connectivity index (χ2v) is 8.17. The van der Waals surface area contributed by atoms with Crippen molar-refractivity contribution in [3.8, 4) is 0 Å². The lowest BCUT2D eigenvalue weighted by atomic mass is 10.0. The summed E-state index contributed by atoms with van der Waals surface area (Å²) in [4.78, 5) is 14.8. The molecule has 5 nitrogen and oxygen atoms in total. The third kappa shape index (κ3) is 3.10. The lowest BCUT2D eigenvalue weighted by Crippen LogP contribution is -2.28. The van der Waals surface area contributed by atoms with Gasteiger partial charge in [0.05, 0.1) is 11.6 Å². The number of nitrogens with one attached hydrogen (secondary N) is 2. The molecule has 1 aromatic carbocycles. The van der Waals surface area contributed by atoms with E-state index >= 15 is 0 Å². The SMILES string of the molecule is Cc1nc2nccc(C3Cc4cc(CN(C)C5CCCC5)ccc4N3)c2[nH]1. The zero-order chi connectivity index (χ0) is 18.4. The molecule has 2 aliphatic rings. The number of hydrogen-bond acceptors (Lipinski definition) is 4. The van der Waals surface area contributed by atoms with Crippen LogP contribution in [-0.2, 0) is 13.0 Å². The highest BCUT2D eigenvalue weighted by Gasteiger charge is 2.25. The summed E-state index contributed by atoms with van der Waals surface area (Å²) in [5.74, 6) is 0.915. The van der Waals surface area contributed by atoms with Crippen molar-refractivity contribution in [1.29, 1.82) is 0 Å². The Labute approximate surface area is 160 Å². The van der Waals surface area contributed by atoms with Gasteiger partial charge in [0.2, 0.25) is 0 Å². The topological polar surface area (TPSA) is 56.8 Å². The fourth-order valence-electron chi connectivity index (χ4n) is 4.80. The molecule has 5 rings (SSSR count). The van der Waals surface area contributed by atoms with E-state index in [1.54, 1.807) is 0 Å². The molecule has 27 heavy (non-hydrogen) atoms. The first-order valence-electron chi connectivity index (χ1n) is 10.1. The third-order valence-electron chi connectivity index (χ3n) is 6.22. The van der Waals surface area contributed by atoms with Crippen LogP contribution in [0.5, 0.6) is 0 Å². The molecule has 2 N–H and O–H groups in total. The molecule has 3 heterocycles. The molecular weight excluding hydrogens is 334 g/mol. The van der Waals surface area contributed by atoms with Crippen LogP contribution < -0.4 is 5.32 Å². The summed E-state index contributed by atoms with van der Waals surface area (Å²) in [5, 5.41) is 3.70. The standard InChI is InChI=1S/C22H27N5/c1-14-24-21-18(9-10-23-22(21)25-14)20-12-16-11-15(7-8-19(16)26-20)13-27(2)17-5-3-4-6-17/h7-11,17,20,26H,3-6,12-13H2,1-2H3,(H,23,24,25). The molecule has 1 aliphatic carbocycles. The van der Waals surface area contributed by atoms with Crippen LogP contribution >= 0.6 is 0 Å². The number of fused-ring (bicyclic) bond motifs is 2. The predicted molar refractivity (Wildman–Crippen MR) is 109 cm³/mol. The van der Waals surface area contributed by atoms with Crippen LogP contribution in [0.25, 0.3) is 11.2 Å². The fourth-order valence-corrected chi connectivity index (χ4v) is 4.80. The summed E-state index contributed by atoms with van der Waals surface area (Å²) in [6.45, 7) is 3.03. The number of pyridine rings is 1. The van der Waals surface area contributed by atoms with Gasteiger partial charge >= 0.3 is 0 Å². The van der Waals surface area contributed by atoms with E-state index in [-0.39, 0.29) is 6.04 Å². The van der Waals surface area contributed by atoms with Crippen LogP contribution in [0.3, 0.4) is 0 Å². The van der Waals surface area contributed by atoms with Crippen molar-refractivity contribution in [1.82, 2.24) is 19.9 Å². The highest BCUT2D eigenvalue weighted by molar-refractivity contribution is 5.77. The van der Waals surface area contributed by atoms with E-state index in [1.165, 1.54) is 48.1 Å². The molecule has 1 unspecified atom stereocenters. The minimum absolute atomic E-state index is 0.271. The van der Waals surface area contributed by atoms with Crippen LogP contribution in [0.4, 0.5) is 5.69 Å². The van der Waals surface area contributed by atoms with Gasteiger partial charge in [0.1, 0.15) is 5.82 Å². The van der Waals surface area contributed by atoms with Gasteiger partial charge in [-0.05, 0) is 56.5 Å². The van der Waals surface area contributed by atoms with Crippen molar-refractivity contribution in [2.45, 2.75) is 57.7 Å². The molecule has 1 fully saturated rings. The molecule has 0 bridgehead atoms. The van der Waals surface area contributed by atoms with Crippen molar-refractivity contribution < 1.29 is 0 Å². The Bertz CT molecular complexity index is 970. The van der Waals surface area contributed by atoms with E-state index in [0.717, 1.165) is 36.0 Å². The van der Waals surface area contributed by atoms with E-state index in [1.807, 2.05) is 13.1 Å². The highest BCUT2D eigenvalue weighted by Crippen LogP contribution is 2.37. The van der Waals surface area contributed by atoms with Crippen molar-refractivity contribution in [2.24, 2.45) is 0 Å². The first kappa shape index (κ1) is 16.8. The minimum atomic E-state index is 0.271. The van der Waals surface area contributed by atoms with Gasteiger partial charge in [0.25, 0.3) is 0 Å². The Morgan fingerprint density at radius 3 is 2.89 bits per heavy atom. The number of H-pyrrole nitrogens is 1. The van der Waals surface area contributed by atoms with Gasteiger partial charge in [-0.1, -0.05) is 25.0 Å². The summed E-state index contributed by atoms with van der Waals surface area (Å²) < 4.78 is 0. The van der Waals surface area contributed by atoms with Gasteiger partial charge < -0.3 is 10.3 Å². The largest absolute Gasteiger partial charge is 0.378 e. The number of aromatic amines is 1. The maximum Gasteiger partial charge on any atom is 0.178 e. The monoisotopic (exact) mass is 361 g/mol. The Kier molecular flexibility index (Phi) is 4.12. The van der Waals surface area contributed by atoms with Crippen molar-refractivity contribution >= 4 is 16.9 Å². The Balaban J connectivity index is 1.36. The average Bonchev–Trinajstić information content (AvgIpc) is 3.39. The van der Waals surface area contributed by atoms with Crippen molar-refractivity contribution in [3.05, 3.63) is 53.0 Å². The molecule has 1 aliphatic heterocycles. The lowest BCUT2D eigenvalue weighted by molar-refractivity contribution is 0.237. The van der Waals surface area contributed by atoms with Crippen LogP contribution in [0.1, 0.15) is 54.2 Å². The number of hydrogen-bond donors (Lipinski definition) is 2. The predicted octanol–water partition coefficient (Wildman–Crippen LogP) is 4.35. The number of aromatic nitrogens is 3. The van der Waals surface area contributed by atoms with Crippen molar-refractivity contribution in [2.75, 3.05) is 12.4 Å². The molecule has 1 atom stereocenters. The van der Waals surface area contributed by atoms with Gasteiger partial charge in [-0.3, -0.25) is 4.90 Å². The second-order valence-electron chi connectivity index (χ2n) is 8.17. The smallest absolute Gasteiger partial charge is 0.178 e. The van der Waals surface area contributed by atoms with Crippen LogP contribution in [0, 0.1) is 6.92 Å². The summed E-state index contributed by atoms with van der Waals surface area (Å²) in [7, 11) is 2.28. The first-order valence-corrected chi connectivity index (χ1v) is 10.1. The fraction of sp³-hybridized carbons (Fsp3) is 0.455. The molecule has 3 aromatic rings. The Hall–Kier alpha value is -2.40. The molecule has 2 aromatic heterocycles. The molecule has 5 heteroatoms. The Morgan fingerprint density at radius 2 is 2.04 bits per heavy atom. The quantitative estimate of drug-likeness (QED) is 0.725. The van der Waals surface area contributed by atoms with E-state index in [4.69, 9.17) is 0 Å². The number of rotatable bonds is 4. The number of aryl methyl sites for hydroxylation is 1. The second kappa shape index (κ2) is 6.64. The zero-order valence-electron chi connectivity index (χ0n) is 16.1. The Morgan fingerprint density at radius 1 is 1.19 bits per heavy atom. The minimum Gasteiger partial charge on any atom is -0.378 e. The molecule has 0 saturated heterocycles. The summed E-state index contributed by atoms with van der Waals surface area (Å²) in [5.41, 5.74) is 7.21. The molecule has 140 valence electrons. The first-order chi connectivity index (χ1) is 13.2. The van der Waals surface area contributed by atoms with Gasteiger partial charge in [-0.2, -0.15) is 0 Å². The number of nitrogens with zero attached hydrogens (tertiary/aromatic N) is 3. The maximum atomic E-state index is 4.48. The normalized spacial score (nSPS) is 19.7. The van der Waals surface area contributed by atoms with E-state index in [2.05, 4.69) is 56.5 Å². The number of imidazole rings is 1. The summed E-state index contributed by atoms with van der Waals surface area (Å²) >= 11 is 0. The van der Waals surface area contributed by atoms with E-state index in [0.29, 0.717) is 0 Å². The maximum absolute atomic E-state index is 4.48. The van der Waals surface area contributed by atoms with E-state index in [9.17, 15) is 0 Å². The van der Waals surface area contributed by atoms with Gasteiger partial charge in [-0.25, -0.2) is 9.97 Å². The third-order valence-corrected chi connectivity index (χ3v) is 6.22. The van der Waals surface area contributed by atoms with Gasteiger partial charge in [0.15, 0.2) is 5.65 Å². The van der Waals surface area contributed by atoms with Crippen molar-refractivity contribution in [3.63, 3.8) is 0 Å². The molecular formula is C22H27N5. The van der Waals surface area contributed by atoms with Crippen LogP contribution in [0.15, 0.2) is 30.5 Å². The summed E-state index contributed by atoms with van der Waals surface area (Å²) in [6, 6.07) is 10.1. The summed E-state index contributed by atoms with van der Waals surface area (Å²) in [6.07, 6.45) is 8.36.